The van der Waals surface area contributed by atoms with Crippen LogP contribution in [0.15, 0.2) is 30.6 Å². The molecule has 0 aliphatic rings. The topological polar surface area (TPSA) is 76.1 Å². The number of amides is 1. The molecule has 0 aliphatic heterocycles. The van der Waals surface area contributed by atoms with Gasteiger partial charge in [0, 0.05) is 31.1 Å². The molecule has 0 unspecified atom stereocenters. The molecule has 1 aromatic heterocycles. The lowest BCUT2D eigenvalue weighted by molar-refractivity contribution is -0.136. The van der Waals surface area contributed by atoms with Crippen LogP contribution in [-0.2, 0) is 10.9 Å². The third-order valence-electron chi connectivity index (χ3n) is 3.04. The van der Waals surface area contributed by atoms with Crippen LogP contribution in [0.3, 0.4) is 0 Å². The van der Waals surface area contributed by atoms with Gasteiger partial charge in [0.05, 0.1) is 23.4 Å². The molecule has 0 fully saturated rings. The Morgan fingerprint density at radius 2 is 1.96 bits per heavy atom. The first-order chi connectivity index (χ1) is 11.8. The van der Waals surface area contributed by atoms with Crippen molar-refractivity contribution in [3.63, 3.8) is 0 Å². The number of carbonyl (C=O) groups excluding carboxylic acids is 1. The summed E-state index contributed by atoms with van der Waals surface area (Å²) in [7, 11) is 1.54. The van der Waals surface area contributed by atoms with Crippen LogP contribution in [0.1, 0.15) is 15.9 Å². The third-order valence-corrected chi connectivity index (χ3v) is 3.27. The SMILES string of the molecule is COCCNc1ncc(C(=O)Nc2ccc(Cl)cc2C(F)(F)F)cn1. The molecule has 0 radical (unpaired) electrons. The Morgan fingerprint density at radius 1 is 1.28 bits per heavy atom. The van der Waals surface area contributed by atoms with Gasteiger partial charge in [-0.3, -0.25) is 4.79 Å². The van der Waals surface area contributed by atoms with Gasteiger partial charge < -0.3 is 15.4 Å². The number of benzene rings is 1. The zero-order chi connectivity index (χ0) is 18.4. The lowest BCUT2D eigenvalue weighted by atomic mass is 10.1. The Morgan fingerprint density at radius 3 is 2.56 bits per heavy atom. The Kier molecular flexibility index (Phi) is 6.16. The number of ether oxygens (including phenoxy) is 1. The standard InChI is InChI=1S/C15H14ClF3N4O2/c1-25-5-4-20-14-21-7-9(8-22-14)13(24)23-12-3-2-10(16)6-11(12)15(17,18)19/h2-3,6-8H,4-5H2,1H3,(H,23,24)(H,20,21,22). The van der Waals surface area contributed by atoms with Gasteiger partial charge in [-0.1, -0.05) is 11.6 Å². The number of alkyl halides is 3. The summed E-state index contributed by atoms with van der Waals surface area (Å²) in [6.07, 6.45) is -2.24. The first-order valence-electron chi connectivity index (χ1n) is 7.04. The van der Waals surface area contributed by atoms with Gasteiger partial charge in [-0.05, 0) is 18.2 Å². The van der Waals surface area contributed by atoms with Crippen molar-refractivity contribution in [1.29, 1.82) is 0 Å². The highest BCUT2D eigenvalue weighted by molar-refractivity contribution is 6.30. The van der Waals surface area contributed by atoms with Crippen molar-refractivity contribution in [1.82, 2.24) is 9.97 Å². The van der Waals surface area contributed by atoms with E-state index in [2.05, 4.69) is 20.6 Å². The van der Waals surface area contributed by atoms with Crippen LogP contribution >= 0.6 is 11.6 Å². The molecule has 1 amide bonds. The molecule has 25 heavy (non-hydrogen) atoms. The van der Waals surface area contributed by atoms with E-state index >= 15 is 0 Å². The van der Waals surface area contributed by atoms with E-state index in [9.17, 15) is 18.0 Å². The molecule has 0 saturated heterocycles. The summed E-state index contributed by atoms with van der Waals surface area (Å²) < 4.78 is 43.9. The number of hydrogen-bond donors (Lipinski definition) is 2. The fraction of sp³-hybridized carbons (Fsp3) is 0.267. The van der Waals surface area contributed by atoms with E-state index in [4.69, 9.17) is 16.3 Å². The molecular weight excluding hydrogens is 361 g/mol. The second-order valence-corrected chi connectivity index (χ2v) is 5.29. The number of aromatic nitrogens is 2. The molecule has 0 bridgehead atoms. The van der Waals surface area contributed by atoms with E-state index in [-0.39, 0.29) is 16.5 Å². The molecule has 10 heteroatoms. The molecule has 2 aromatic rings. The van der Waals surface area contributed by atoms with E-state index in [0.29, 0.717) is 13.2 Å². The zero-order valence-corrected chi connectivity index (χ0v) is 13.8. The van der Waals surface area contributed by atoms with Crippen LogP contribution in [0.25, 0.3) is 0 Å². The number of rotatable bonds is 6. The predicted octanol–water partition coefficient (Wildman–Crippen LogP) is 3.46. The van der Waals surface area contributed by atoms with Gasteiger partial charge in [-0.25, -0.2) is 9.97 Å². The average molecular weight is 375 g/mol. The Labute approximate surface area is 146 Å². The van der Waals surface area contributed by atoms with Gasteiger partial charge in [0.2, 0.25) is 5.95 Å². The summed E-state index contributed by atoms with van der Waals surface area (Å²) in [5.41, 5.74) is -1.42. The molecule has 2 rings (SSSR count). The number of carbonyl (C=O) groups is 1. The smallest absolute Gasteiger partial charge is 0.383 e. The number of methoxy groups -OCH3 is 1. The highest BCUT2D eigenvalue weighted by Gasteiger charge is 2.34. The fourth-order valence-corrected chi connectivity index (χ4v) is 2.03. The average Bonchev–Trinajstić information content (AvgIpc) is 2.56. The summed E-state index contributed by atoms with van der Waals surface area (Å²) in [6, 6.07) is 3.09. The van der Waals surface area contributed by atoms with Gasteiger partial charge in [0.15, 0.2) is 0 Å². The highest BCUT2D eigenvalue weighted by atomic mass is 35.5. The summed E-state index contributed by atoms with van der Waals surface area (Å²) >= 11 is 5.60. The number of anilines is 2. The summed E-state index contributed by atoms with van der Waals surface area (Å²) in [4.78, 5) is 20.0. The van der Waals surface area contributed by atoms with Crippen molar-refractivity contribution in [3.05, 3.63) is 46.7 Å². The maximum atomic E-state index is 13.0. The number of halogens is 4. The first kappa shape index (κ1) is 18.9. The van der Waals surface area contributed by atoms with E-state index < -0.39 is 23.3 Å². The second-order valence-electron chi connectivity index (χ2n) is 4.86. The maximum Gasteiger partial charge on any atom is 0.418 e. The van der Waals surface area contributed by atoms with Gasteiger partial charge >= 0.3 is 6.18 Å². The second kappa shape index (κ2) is 8.13. The van der Waals surface area contributed by atoms with E-state index in [1.54, 1.807) is 7.11 Å². The maximum absolute atomic E-state index is 13.0. The van der Waals surface area contributed by atoms with E-state index in [0.717, 1.165) is 12.1 Å². The molecular formula is C15H14ClF3N4O2. The summed E-state index contributed by atoms with van der Waals surface area (Å²) in [5.74, 6) is -0.493. The van der Waals surface area contributed by atoms with Crippen LogP contribution in [0, 0.1) is 0 Å². The highest BCUT2D eigenvalue weighted by Crippen LogP contribution is 2.36. The number of nitrogens with one attached hydrogen (secondary N) is 2. The van der Waals surface area contributed by atoms with Crippen molar-refractivity contribution in [3.8, 4) is 0 Å². The van der Waals surface area contributed by atoms with Gasteiger partial charge in [-0.2, -0.15) is 13.2 Å². The molecule has 1 aromatic carbocycles. The molecule has 6 nitrogen and oxygen atoms in total. The normalized spacial score (nSPS) is 11.2. The van der Waals surface area contributed by atoms with Gasteiger partial charge in [0.1, 0.15) is 0 Å². The molecule has 2 N–H and O–H groups in total. The van der Waals surface area contributed by atoms with Gasteiger partial charge in [0.25, 0.3) is 5.91 Å². The van der Waals surface area contributed by atoms with Gasteiger partial charge in [-0.15, -0.1) is 0 Å². The van der Waals surface area contributed by atoms with E-state index in [1.165, 1.54) is 18.5 Å². The van der Waals surface area contributed by atoms with Crippen molar-refractivity contribution in [2.75, 3.05) is 30.9 Å². The fourth-order valence-electron chi connectivity index (χ4n) is 1.86. The molecule has 1 heterocycles. The van der Waals surface area contributed by atoms with Crippen molar-refractivity contribution >= 4 is 29.1 Å². The largest absolute Gasteiger partial charge is 0.418 e. The summed E-state index contributed by atoms with van der Waals surface area (Å²) in [6.45, 7) is 0.921. The van der Waals surface area contributed by atoms with Crippen LogP contribution in [0.2, 0.25) is 5.02 Å². The van der Waals surface area contributed by atoms with Crippen molar-refractivity contribution < 1.29 is 22.7 Å². The van der Waals surface area contributed by atoms with Crippen molar-refractivity contribution in [2.24, 2.45) is 0 Å². The Hall–Kier alpha value is -2.39. The minimum Gasteiger partial charge on any atom is -0.383 e. The molecule has 0 saturated carbocycles. The Balaban J connectivity index is 2.12. The Bertz CT molecular complexity index is 739. The van der Waals surface area contributed by atoms with Crippen LogP contribution in [0.5, 0.6) is 0 Å². The van der Waals surface area contributed by atoms with Crippen molar-refractivity contribution in [2.45, 2.75) is 6.18 Å². The lowest BCUT2D eigenvalue weighted by Gasteiger charge is -2.14. The minimum atomic E-state index is -4.65. The van der Waals surface area contributed by atoms with Crippen LogP contribution < -0.4 is 10.6 Å². The van der Waals surface area contributed by atoms with E-state index in [1.807, 2.05) is 0 Å². The quantitative estimate of drug-likeness (QED) is 0.757. The van der Waals surface area contributed by atoms with Crippen LogP contribution in [0.4, 0.5) is 24.8 Å². The lowest BCUT2D eigenvalue weighted by Crippen LogP contribution is -2.17. The predicted molar refractivity (Wildman–Crippen MR) is 86.8 cm³/mol. The third kappa shape index (κ3) is 5.30. The monoisotopic (exact) mass is 374 g/mol. The molecule has 134 valence electrons. The van der Waals surface area contributed by atoms with Crippen LogP contribution in [-0.4, -0.2) is 36.1 Å². The zero-order valence-electron chi connectivity index (χ0n) is 13.0. The molecule has 0 aliphatic carbocycles. The molecule has 0 atom stereocenters. The number of hydrogen-bond acceptors (Lipinski definition) is 5. The first-order valence-corrected chi connectivity index (χ1v) is 7.42. The number of nitrogens with zero attached hydrogens (tertiary/aromatic N) is 2. The minimum absolute atomic E-state index is 0.0142. The summed E-state index contributed by atoms with van der Waals surface area (Å²) in [5, 5.41) is 4.97. The molecule has 0 spiro atoms.